The van der Waals surface area contributed by atoms with E-state index in [-0.39, 0.29) is 6.03 Å². The van der Waals surface area contributed by atoms with E-state index in [1.807, 2.05) is 0 Å². The lowest BCUT2D eigenvalue weighted by atomic mass is 9.92. The first kappa shape index (κ1) is 7.54. The van der Waals surface area contributed by atoms with Crippen LogP contribution >= 0.6 is 0 Å². The van der Waals surface area contributed by atoms with Gasteiger partial charge in [-0.2, -0.15) is 4.99 Å². The third-order valence-electron chi connectivity index (χ3n) is 2.30. The summed E-state index contributed by atoms with van der Waals surface area (Å²) in [6.45, 7) is 1.19. The van der Waals surface area contributed by atoms with Crippen molar-refractivity contribution in [2.24, 2.45) is 10.7 Å². The molecule has 1 unspecified atom stereocenters. The summed E-state index contributed by atoms with van der Waals surface area (Å²) in [5, 5.41) is 2.73. The molecule has 0 radical (unpaired) electrons. The van der Waals surface area contributed by atoms with Crippen molar-refractivity contribution in [2.45, 2.75) is 18.4 Å². The van der Waals surface area contributed by atoms with E-state index < -0.39 is 5.54 Å². The Bertz CT molecular complexity index is 243. The highest BCUT2D eigenvalue weighted by molar-refractivity contribution is 6.05. The predicted molar refractivity (Wildman–Crippen MR) is 42.9 cm³/mol. The van der Waals surface area contributed by atoms with E-state index in [4.69, 9.17) is 10.5 Å². The second kappa shape index (κ2) is 2.45. The number of nitrogens with two attached hydrogens (primary N) is 1. The molecule has 3 N–H and O–H groups in total. The van der Waals surface area contributed by atoms with Crippen LogP contribution in [0.4, 0.5) is 4.79 Å². The Hall–Kier alpha value is -1.10. The van der Waals surface area contributed by atoms with Gasteiger partial charge in [0.15, 0.2) is 0 Å². The maximum atomic E-state index is 10.9. The molecule has 0 aliphatic carbocycles. The quantitative estimate of drug-likeness (QED) is 0.518. The number of rotatable bonds is 0. The number of amidine groups is 1. The zero-order chi connectivity index (χ0) is 8.60. The van der Waals surface area contributed by atoms with E-state index in [9.17, 15) is 4.79 Å². The van der Waals surface area contributed by atoms with E-state index in [1.54, 1.807) is 0 Å². The summed E-state index contributed by atoms with van der Waals surface area (Å²) >= 11 is 0. The molecule has 2 heterocycles. The molecule has 5 nitrogen and oxygen atoms in total. The van der Waals surface area contributed by atoms with Crippen LogP contribution in [0.3, 0.4) is 0 Å². The maximum Gasteiger partial charge on any atom is 0.343 e. The van der Waals surface area contributed by atoms with Crippen LogP contribution in [0.5, 0.6) is 0 Å². The van der Waals surface area contributed by atoms with Crippen molar-refractivity contribution >= 4 is 11.9 Å². The molecule has 1 atom stereocenters. The van der Waals surface area contributed by atoms with Crippen molar-refractivity contribution in [1.82, 2.24) is 5.32 Å². The number of nitrogens with zero attached hydrogens (tertiary/aromatic N) is 1. The van der Waals surface area contributed by atoms with Crippen LogP contribution in [0.25, 0.3) is 0 Å². The number of ether oxygens (including phenoxy) is 1. The van der Waals surface area contributed by atoms with Gasteiger partial charge >= 0.3 is 6.03 Å². The normalized spacial score (nSPS) is 35.0. The van der Waals surface area contributed by atoms with Gasteiger partial charge < -0.3 is 15.8 Å². The first-order valence-electron chi connectivity index (χ1n) is 3.97. The Morgan fingerprint density at radius 3 is 3.00 bits per heavy atom. The van der Waals surface area contributed by atoms with E-state index in [1.165, 1.54) is 0 Å². The van der Waals surface area contributed by atoms with Crippen LogP contribution in [0.15, 0.2) is 4.99 Å². The van der Waals surface area contributed by atoms with Crippen LogP contribution < -0.4 is 11.1 Å². The van der Waals surface area contributed by atoms with Crippen molar-refractivity contribution < 1.29 is 9.53 Å². The molecule has 0 aromatic heterocycles. The molecule has 2 aliphatic rings. The summed E-state index contributed by atoms with van der Waals surface area (Å²) in [5.41, 5.74) is 5.13. The lowest BCUT2D eigenvalue weighted by Gasteiger charge is -2.32. The molecule has 2 aliphatic heterocycles. The highest BCUT2D eigenvalue weighted by atomic mass is 16.5. The van der Waals surface area contributed by atoms with Gasteiger partial charge in [0.05, 0.1) is 6.61 Å². The van der Waals surface area contributed by atoms with Gasteiger partial charge in [0, 0.05) is 6.61 Å². The fraction of sp³-hybridized carbons (Fsp3) is 0.714. The Kier molecular flexibility index (Phi) is 1.54. The number of aliphatic imine (C=N–C) groups is 1. The number of hydrogen-bond acceptors (Lipinski definition) is 3. The second-order valence-electron chi connectivity index (χ2n) is 3.17. The Morgan fingerprint density at radius 1 is 1.67 bits per heavy atom. The first-order valence-corrected chi connectivity index (χ1v) is 3.97. The van der Waals surface area contributed by atoms with Crippen LogP contribution in [0.2, 0.25) is 0 Å². The highest BCUT2D eigenvalue weighted by Gasteiger charge is 2.42. The molecule has 1 saturated heterocycles. The van der Waals surface area contributed by atoms with Crippen molar-refractivity contribution in [1.29, 1.82) is 0 Å². The van der Waals surface area contributed by atoms with Crippen LogP contribution in [0, 0.1) is 0 Å². The number of hydrogen-bond donors (Lipinski definition) is 2. The van der Waals surface area contributed by atoms with Crippen LogP contribution in [-0.4, -0.2) is 30.6 Å². The number of amides is 2. The first-order chi connectivity index (χ1) is 5.73. The molecule has 1 fully saturated rings. The highest BCUT2D eigenvalue weighted by Crippen LogP contribution is 2.22. The van der Waals surface area contributed by atoms with Gasteiger partial charge in [0.25, 0.3) is 0 Å². The van der Waals surface area contributed by atoms with E-state index in [0.29, 0.717) is 12.4 Å². The minimum atomic E-state index is -0.491. The van der Waals surface area contributed by atoms with Crippen molar-refractivity contribution in [3.63, 3.8) is 0 Å². The molecule has 66 valence electrons. The van der Waals surface area contributed by atoms with Gasteiger partial charge in [-0.3, -0.25) is 0 Å². The smallest absolute Gasteiger partial charge is 0.343 e. The largest absolute Gasteiger partial charge is 0.385 e. The van der Waals surface area contributed by atoms with Gasteiger partial charge in [0.1, 0.15) is 11.4 Å². The molecule has 0 saturated carbocycles. The Balaban J connectivity index is 2.21. The molecule has 1 spiro atoms. The van der Waals surface area contributed by atoms with E-state index >= 15 is 0 Å². The molecular weight excluding hydrogens is 158 g/mol. The monoisotopic (exact) mass is 169 g/mol. The number of carbonyl (C=O) groups is 1. The molecule has 2 amide bonds. The van der Waals surface area contributed by atoms with E-state index in [0.717, 1.165) is 19.4 Å². The fourth-order valence-corrected chi connectivity index (χ4v) is 1.61. The van der Waals surface area contributed by atoms with Gasteiger partial charge in [-0.25, -0.2) is 4.79 Å². The molecule has 0 aromatic carbocycles. The SMILES string of the molecule is NC1=NC(=O)NC12CCCOC2. The second-order valence-corrected chi connectivity index (χ2v) is 3.17. The zero-order valence-electron chi connectivity index (χ0n) is 6.67. The summed E-state index contributed by atoms with van der Waals surface area (Å²) < 4.78 is 5.25. The topological polar surface area (TPSA) is 76.7 Å². The molecule has 5 heteroatoms. The van der Waals surface area contributed by atoms with Crippen molar-refractivity contribution in [2.75, 3.05) is 13.2 Å². The average molecular weight is 169 g/mol. The van der Waals surface area contributed by atoms with Crippen molar-refractivity contribution in [3.8, 4) is 0 Å². The maximum absolute atomic E-state index is 10.9. The lowest BCUT2D eigenvalue weighted by molar-refractivity contribution is 0.0555. The number of carbonyl (C=O) groups excluding carboxylic acids is 1. The summed E-state index contributed by atoms with van der Waals surface area (Å²) in [4.78, 5) is 14.5. The molecule has 0 bridgehead atoms. The fourth-order valence-electron chi connectivity index (χ4n) is 1.61. The Labute approximate surface area is 70.0 Å². The van der Waals surface area contributed by atoms with Crippen molar-refractivity contribution in [3.05, 3.63) is 0 Å². The summed E-state index contributed by atoms with van der Waals surface area (Å²) in [7, 11) is 0. The van der Waals surface area contributed by atoms with Crippen LogP contribution in [-0.2, 0) is 4.74 Å². The minimum Gasteiger partial charge on any atom is -0.385 e. The van der Waals surface area contributed by atoms with Crippen LogP contribution in [0.1, 0.15) is 12.8 Å². The number of nitrogens with one attached hydrogen (secondary N) is 1. The molecule has 0 aromatic rings. The summed E-state index contributed by atoms with van der Waals surface area (Å²) in [6, 6.07) is -0.349. The van der Waals surface area contributed by atoms with Gasteiger partial charge in [-0.15, -0.1) is 0 Å². The van der Waals surface area contributed by atoms with Gasteiger partial charge in [-0.05, 0) is 12.8 Å². The average Bonchev–Trinajstić information content (AvgIpc) is 2.29. The third-order valence-corrected chi connectivity index (χ3v) is 2.30. The standard InChI is InChI=1S/C7H11N3O2/c8-5-7(10-6(11)9-5)2-1-3-12-4-7/h1-4H2,(H3,8,9,10,11). The number of urea groups is 1. The van der Waals surface area contributed by atoms with Gasteiger partial charge in [-0.1, -0.05) is 0 Å². The third kappa shape index (κ3) is 0.972. The predicted octanol–water partition coefficient (Wildman–Crippen LogP) is -0.384. The lowest BCUT2D eigenvalue weighted by Crippen LogP contribution is -2.57. The molecule has 12 heavy (non-hydrogen) atoms. The minimum absolute atomic E-state index is 0.349. The molecule has 2 rings (SSSR count). The molecular formula is C7H11N3O2. The Morgan fingerprint density at radius 2 is 2.50 bits per heavy atom. The zero-order valence-corrected chi connectivity index (χ0v) is 6.67. The summed E-state index contributed by atoms with van der Waals surface area (Å²) in [6.07, 6.45) is 1.74. The summed E-state index contributed by atoms with van der Waals surface area (Å²) in [5.74, 6) is 0.368. The van der Waals surface area contributed by atoms with Gasteiger partial charge in [0.2, 0.25) is 0 Å². The van der Waals surface area contributed by atoms with E-state index in [2.05, 4.69) is 10.3 Å².